The van der Waals surface area contributed by atoms with E-state index in [0.717, 1.165) is 22.6 Å². The van der Waals surface area contributed by atoms with Crippen molar-refractivity contribution in [3.63, 3.8) is 0 Å². The third-order valence-electron chi connectivity index (χ3n) is 5.23. The number of carbonyl (C=O) groups is 3. The first kappa shape index (κ1) is 27.0. The Balaban J connectivity index is 1.37. The van der Waals surface area contributed by atoms with E-state index in [1.54, 1.807) is 19.2 Å². The molecule has 3 rings (SSSR count). The van der Waals surface area contributed by atoms with Gasteiger partial charge >= 0.3 is 0 Å². The van der Waals surface area contributed by atoms with Gasteiger partial charge in [-0.2, -0.15) is 0 Å². The lowest BCUT2D eigenvalue weighted by molar-refractivity contribution is -0.126. The molecular formula is C26H27Cl2N5O3. The number of nitrogens with one attached hydrogen (secondary N) is 4. The van der Waals surface area contributed by atoms with Crippen LogP contribution in [0.5, 0.6) is 0 Å². The van der Waals surface area contributed by atoms with E-state index in [0.29, 0.717) is 6.42 Å². The zero-order valence-electron chi connectivity index (χ0n) is 19.7. The van der Waals surface area contributed by atoms with E-state index in [1.807, 2.05) is 48.5 Å². The van der Waals surface area contributed by atoms with Crippen molar-refractivity contribution in [3.8, 4) is 11.1 Å². The third-order valence-corrected chi connectivity index (χ3v) is 5.82. The van der Waals surface area contributed by atoms with Crippen LogP contribution in [-0.2, 0) is 16.0 Å². The predicted molar refractivity (Wildman–Crippen MR) is 142 cm³/mol. The Hall–Kier alpha value is -3.62. The van der Waals surface area contributed by atoms with Crippen LogP contribution in [0, 0.1) is 0 Å². The number of amides is 3. The largest absolute Gasteiger partial charge is 0.373 e. The first-order chi connectivity index (χ1) is 17.4. The maximum atomic E-state index is 12.6. The van der Waals surface area contributed by atoms with Gasteiger partial charge in [0.05, 0.1) is 22.2 Å². The third kappa shape index (κ3) is 7.96. The summed E-state index contributed by atoms with van der Waals surface area (Å²) in [6.45, 7) is 0.187. The molecule has 188 valence electrons. The molecular weight excluding hydrogens is 501 g/mol. The van der Waals surface area contributed by atoms with E-state index in [2.05, 4.69) is 26.3 Å². The molecule has 0 radical (unpaired) electrons. The minimum atomic E-state index is -0.442. The Morgan fingerprint density at radius 1 is 0.806 bits per heavy atom. The topological polar surface area (TPSA) is 112 Å². The average Bonchev–Trinajstić information content (AvgIpc) is 2.89. The molecule has 10 heteroatoms. The van der Waals surface area contributed by atoms with Crippen molar-refractivity contribution in [3.05, 3.63) is 82.0 Å². The number of carbonyl (C=O) groups excluding carboxylic acids is 3. The maximum absolute atomic E-state index is 12.6. The molecule has 0 unspecified atom stereocenters. The lowest BCUT2D eigenvalue weighted by Crippen LogP contribution is -2.40. The quantitative estimate of drug-likeness (QED) is 0.284. The second-order valence-electron chi connectivity index (χ2n) is 7.83. The van der Waals surface area contributed by atoms with Crippen LogP contribution in [0.15, 0.2) is 60.7 Å². The fourth-order valence-electron chi connectivity index (χ4n) is 3.38. The van der Waals surface area contributed by atoms with Gasteiger partial charge in [0.25, 0.3) is 5.91 Å². The molecule has 1 aromatic heterocycles. The van der Waals surface area contributed by atoms with E-state index in [4.69, 9.17) is 23.2 Å². The van der Waals surface area contributed by atoms with Gasteiger partial charge in [-0.25, -0.2) is 4.98 Å². The van der Waals surface area contributed by atoms with Crippen molar-refractivity contribution < 1.29 is 14.4 Å². The van der Waals surface area contributed by atoms with Crippen molar-refractivity contribution in [1.29, 1.82) is 0 Å². The number of halogens is 2. The summed E-state index contributed by atoms with van der Waals surface area (Å²) in [5.41, 5.74) is 2.69. The van der Waals surface area contributed by atoms with Gasteiger partial charge in [0, 0.05) is 32.3 Å². The standard InChI is InChI=1S/C26H27Cl2N5O3/c1-29-22-9-5-8-19(33-22)10-11-23(34)32-16-24(35)30-12-13-31-26(36)25-20(27)14-18(15-21(25)28)17-6-3-2-4-7-17/h2-9,14-15H,10-13,16H2,1H3,(H,29,33)(H,30,35)(H,31,36)(H,32,34). The molecule has 0 aliphatic rings. The highest BCUT2D eigenvalue weighted by atomic mass is 35.5. The molecule has 4 N–H and O–H groups in total. The van der Waals surface area contributed by atoms with Crippen molar-refractivity contribution >= 4 is 46.7 Å². The smallest absolute Gasteiger partial charge is 0.254 e. The Morgan fingerprint density at radius 2 is 1.50 bits per heavy atom. The minimum Gasteiger partial charge on any atom is -0.373 e. The maximum Gasteiger partial charge on any atom is 0.254 e. The van der Waals surface area contributed by atoms with E-state index < -0.39 is 5.91 Å². The Morgan fingerprint density at radius 3 is 2.19 bits per heavy atom. The number of pyridine rings is 1. The molecule has 3 amide bonds. The Bertz CT molecular complexity index is 1200. The molecule has 0 bridgehead atoms. The zero-order chi connectivity index (χ0) is 25.9. The van der Waals surface area contributed by atoms with Crippen LogP contribution in [0.25, 0.3) is 11.1 Å². The highest BCUT2D eigenvalue weighted by Crippen LogP contribution is 2.31. The number of anilines is 1. The molecule has 0 atom stereocenters. The number of hydrogen-bond donors (Lipinski definition) is 4. The van der Waals surface area contributed by atoms with E-state index in [1.165, 1.54) is 0 Å². The molecule has 1 heterocycles. The van der Waals surface area contributed by atoms with Gasteiger partial charge in [0.2, 0.25) is 11.8 Å². The molecule has 8 nitrogen and oxygen atoms in total. The van der Waals surface area contributed by atoms with Crippen LogP contribution >= 0.6 is 23.2 Å². The number of aryl methyl sites for hydroxylation is 1. The van der Waals surface area contributed by atoms with Gasteiger partial charge in [0.1, 0.15) is 5.82 Å². The summed E-state index contributed by atoms with van der Waals surface area (Å²) in [5.74, 6) is -0.328. The molecule has 0 saturated heterocycles. The van der Waals surface area contributed by atoms with E-state index in [9.17, 15) is 14.4 Å². The summed E-state index contributed by atoms with van der Waals surface area (Å²) in [7, 11) is 1.77. The summed E-state index contributed by atoms with van der Waals surface area (Å²) < 4.78 is 0. The highest BCUT2D eigenvalue weighted by molar-refractivity contribution is 6.40. The number of aromatic nitrogens is 1. The molecule has 0 aliphatic carbocycles. The lowest BCUT2D eigenvalue weighted by atomic mass is 10.0. The van der Waals surface area contributed by atoms with E-state index in [-0.39, 0.29) is 53.5 Å². The molecule has 3 aromatic rings. The number of benzene rings is 2. The van der Waals surface area contributed by atoms with Crippen LogP contribution in [-0.4, -0.2) is 49.4 Å². The number of hydrogen-bond acceptors (Lipinski definition) is 5. The highest BCUT2D eigenvalue weighted by Gasteiger charge is 2.16. The summed E-state index contributed by atoms with van der Waals surface area (Å²) in [6.07, 6.45) is 0.681. The summed E-state index contributed by atoms with van der Waals surface area (Å²) in [6, 6.07) is 18.5. The van der Waals surface area contributed by atoms with Gasteiger partial charge in [-0.15, -0.1) is 0 Å². The van der Waals surface area contributed by atoms with Crippen molar-refractivity contribution in [2.75, 3.05) is 32.0 Å². The van der Waals surface area contributed by atoms with Crippen LogP contribution in [0.1, 0.15) is 22.5 Å². The number of rotatable bonds is 11. The fraction of sp³-hybridized carbons (Fsp3) is 0.231. The minimum absolute atomic E-state index is 0.157. The zero-order valence-corrected chi connectivity index (χ0v) is 21.2. The monoisotopic (exact) mass is 527 g/mol. The predicted octanol–water partition coefficient (Wildman–Crippen LogP) is 3.69. The average molecular weight is 528 g/mol. The molecule has 0 fully saturated rings. The van der Waals surface area contributed by atoms with Crippen molar-refractivity contribution in [2.45, 2.75) is 12.8 Å². The summed E-state index contributed by atoms with van der Waals surface area (Å²) in [5, 5.41) is 11.3. The van der Waals surface area contributed by atoms with Crippen molar-refractivity contribution in [2.24, 2.45) is 0 Å². The van der Waals surface area contributed by atoms with Gasteiger partial charge in [0.15, 0.2) is 0 Å². The van der Waals surface area contributed by atoms with Crippen LogP contribution < -0.4 is 21.3 Å². The van der Waals surface area contributed by atoms with Crippen molar-refractivity contribution in [1.82, 2.24) is 20.9 Å². The van der Waals surface area contributed by atoms with Crippen LogP contribution in [0.3, 0.4) is 0 Å². The summed E-state index contributed by atoms with van der Waals surface area (Å²) >= 11 is 12.7. The normalized spacial score (nSPS) is 10.4. The van der Waals surface area contributed by atoms with Gasteiger partial charge in [-0.3, -0.25) is 14.4 Å². The first-order valence-corrected chi connectivity index (χ1v) is 12.1. The SMILES string of the molecule is CNc1cccc(CCC(=O)NCC(=O)NCCNC(=O)c2c(Cl)cc(-c3ccccc3)cc2Cl)n1. The summed E-state index contributed by atoms with van der Waals surface area (Å²) in [4.78, 5) is 40.9. The molecule has 0 saturated carbocycles. The van der Waals surface area contributed by atoms with Gasteiger partial charge < -0.3 is 21.3 Å². The van der Waals surface area contributed by atoms with Gasteiger partial charge in [-0.05, 0) is 41.8 Å². The van der Waals surface area contributed by atoms with E-state index >= 15 is 0 Å². The molecule has 36 heavy (non-hydrogen) atoms. The first-order valence-electron chi connectivity index (χ1n) is 11.4. The second-order valence-corrected chi connectivity index (χ2v) is 8.64. The van der Waals surface area contributed by atoms with Crippen LogP contribution in [0.2, 0.25) is 10.0 Å². The fourth-order valence-corrected chi connectivity index (χ4v) is 4.04. The molecule has 0 aliphatic heterocycles. The lowest BCUT2D eigenvalue weighted by Gasteiger charge is -2.12. The van der Waals surface area contributed by atoms with Crippen LogP contribution in [0.4, 0.5) is 5.82 Å². The molecule has 2 aromatic carbocycles. The Labute approximate surface area is 219 Å². The van der Waals surface area contributed by atoms with Gasteiger partial charge in [-0.1, -0.05) is 59.6 Å². The number of nitrogens with zero attached hydrogens (tertiary/aromatic N) is 1. The second kappa shape index (κ2) is 13.5. The molecule has 0 spiro atoms. The Kier molecular flexibility index (Phi) is 10.1.